The molecule has 0 fully saturated rings. The Balaban J connectivity index is 1.88. The summed E-state index contributed by atoms with van der Waals surface area (Å²) in [4.78, 5) is 0. The van der Waals surface area contributed by atoms with E-state index >= 15 is 0 Å². The van der Waals surface area contributed by atoms with Gasteiger partial charge in [0.15, 0.2) is 0 Å². The van der Waals surface area contributed by atoms with Crippen LogP contribution in [0.2, 0.25) is 0 Å². The molecule has 8 heteroatoms. The van der Waals surface area contributed by atoms with Gasteiger partial charge in [-0.05, 0) is 35.1 Å². The molecule has 0 bridgehead atoms. The molecule has 2 aromatic carbocycles. The molecule has 0 saturated heterocycles. The highest BCUT2D eigenvalue weighted by molar-refractivity contribution is 5.82. The molecule has 0 saturated carbocycles. The number of benzene rings is 2. The topological polar surface area (TPSA) is 154 Å². The summed E-state index contributed by atoms with van der Waals surface area (Å²) in [6.07, 6.45) is 5.08. The van der Waals surface area contributed by atoms with Crippen LogP contribution in [-0.4, -0.2) is 24.3 Å². The maximum absolute atomic E-state index is 5.21. The molecule has 0 amide bonds. The molecule has 8 nitrogen and oxygen atoms in total. The third-order valence-electron chi connectivity index (χ3n) is 3.42. The van der Waals surface area contributed by atoms with E-state index in [-0.39, 0.29) is 11.9 Å². The van der Waals surface area contributed by atoms with E-state index in [1.54, 1.807) is 12.4 Å². The summed E-state index contributed by atoms with van der Waals surface area (Å²) in [6, 6.07) is 16.2. The first-order valence-corrected chi connectivity index (χ1v) is 7.95. The summed E-state index contributed by atoms with van der Waals surface area (Å²) in [5.74, 6) is -0.127. The second-order valence-corrected chi connectivity index (χ2v) is 5.52. The van der Waals surface area contributed by atoms with Gasteiger partial charge in [0.05, 0.1) is 12.4 Å². The lowest BCUT2D eigenvalue weighted by Gasteiger charge is -2.03. The summed E-state index contributed by atoms with van der Waals surface area (Å²) < 4.78 is 0. The lowest BCUT2D eigenvalue weighted by Crippen LogP contribution is -2.21. The Kier molecular flexibility index (Phi) is 6.87. The van der Waals surface area contributed by atoms with Crippen LogP contribution in [0.3, 0.4) is 0 Å². The molecule has 0 aliphatic rings. The minimum Gasteiger partial charge on any atom is -0.369 e. The van der Waals surface area contributed by atoms with Gasteiger partial charge in [0.1, 0.15) is 0 Å². The Hall–Kier alpha value is -3.68. The molecule has 0 aliphatic heterocycles. The predicted molar refractivity (Wildman–Crippen MR) is 107 cm³/mol. The molecule has 0 spiro atoms. The van der Waals surface area contributed by atoms with E-state index in [2.05, 4.69) is 44.7 Å². The van der Waals surface area contributed by atoms with Crippen molar-refractivity contribution in [3.05, 3.63) is 70.8 Å². The first kappa shape index (κ1) is 18.7. The predicted octanol–water partition coefficient (Wildman–Crippen LogP) is 0.686. The van der Waals surface area contributed by atoms with Crippen LogP contribution in [0.15, 0.2) is 68.9 Å². The molecular formula is C18H22N8. The Morgan fingerprint density at radius 3 is 1.27 bits per heavy atom. The van der Waals surface area contributed by atoms with Gasteiger partial charge in [-0.1, -0.05) is 48.5 Å². The van der Waals surface area contributed by atoms with E-state index < -0.39 is 0 Å². The van der Waals surface area contributed by atoms with Gasteiger partial charge < -0.3 is 22.9 Å². The van der Waals surface area contributed by atoms with Crippen LogP contribution in [0.4, 0.5) is 0 Å². The van der Waals surface area contributed by atoms with Gasteiger partial charge in [-0.25, -0.2) is 0 Å². The Morgan fingerprint density at radius 1 is 0.615 bits per heavy atom. The number of rotatable bonds is 7. The lowest BCUT2D eigenvalue weighted by atomic mass is 10.0. The van der Waals surface area contributed by atoms with Crippen molar-refractivity contribution in [2.24, 2.45) is 43.3 Å². The fourth-order valence-electron chi connectivity index (χ4n) is 2.15. The normalized spacial score (nSPS) is 10.9. The monoisotopic (exact) mass is 350 g/mol. The number of nitrogens with zero attached hydrogens (tertiary/aromatic N) is 4. The van der Waals surface area contributed by atoms with Crippen molar-refractivity contribution in [2.45, 2.75) is 12.8 Å². The number of hydrogen-bond donors (Lipinski definition) is 4. The molecule has 134 valence electrons. The molecule has 26 heavy (non-hydrogen) atoms. The van der Waals surface area contributed by atoms with Crippen LogP contribution in [-0.2, 0) is 12.8 Å². The lowest BCUT2D eigenvalue weighted by molar-refractivity contribution is 0.960. The van der Waals surface area contributed by atoms with Gasteiger partial charge >= 0.3 is 0 Å². The average Bonchev–Trinajstić information content (AvgIpc) is 2.61. The molecule has 0 heterocycles. The van der Waals surface area contributed by atoms with Crippen LogP contribution in [0.5, 0.6) is 0 Å². The summed E-state index contributed by atoms with van der Waals surface area (Å²) >= 11 is 0. The minimum atomic E-state index is -0.0635. The molecule has 2 aromatic rings. The van der Waals surface area contributed by atoms with Crippen molar-refractivity contribution in [3.63, 3.8) is 0 Å². The fraction of sp³-hybridized carbons (Fsp3) is 0.111. The summed E-state index contributed by atoms with van der Waals surface area (Å²) in [7, 11) is 0. The van der Waals surface area contributed by atoms with Crippen molar-refractivity contribution in [2.75, 3.05) is 0 Å². The van der Waals surface area contributed by atoms with E-state index in [4.69, 9.17) is 22.9 Å². The standard InChI is InChI=1S/C18H22N8/c19-17(20)25-23-11-15-7-3-13(4-8-15)1-2-14-5-9-16(10-6-14)12-24-26-18(21)22/h3-12H,1-2H2,(H4,19,20,25)(H4,21,22,26)/b23-11-,24-12-. The second-order valence-electron chi connectivity index (χ2n) is 5.52. The smallest absolute Gasteiger partial charge is 0.211 e. The number of aryl methyl sites for hydroxylation is 2. The molecule has 0 unspecified atom stereocenters. The highest BCUT2D eigenvalue weighted by atomic mass is 15.3. The average molecular weight is 350 g/mol. The zero-order valence-electron chi connectivity index (χ0n) is 14.3. The third-order valence-corrected chi connectivity index (χ3v) is 3.42. The van der Waals surface area contributed by atoms with Crippen molar-refractivity contribution in [1.82, 2.24) is 0 Å². The van der Waals surface area contributed by atoms with Crippen molar-refractivity contribution in [3.8, 4) is 0 Å². The van der Waals surface area contributed by atoms with E-state index in [1.165, 1.54) is 11.1 Å². The Labute approximate surface area is 152 Å². The van der Waals surface area contributed by atoms with Crippen molar-refractivity contribution in [1.29, 1.82) is 0 Å². The molecule has 0 aliphatic carbocycles. The number of guanidine groups is 2. The van der Waals surface area contributed by atoms with Crippen LogP contribution < -0.4 is 22.9 Å². The zero-order chi connectivity index (χ0) is 18.8. The van der Waals surface area contributed by atoms with Crippen LogP contribution >= 0.6 is 0 Å². The van der Waals surface area contributed by atoms with Gasteiger partial charge in [-0.2, -0.15) is 10.2 Å². The zero-order valence-corrected chi connectivity index (χ0v) is 14.3. The third kappa shape index (κ3) is 6.83. The first-order chi connectivity index (χ1) is 12.5. The van der Waals surface area contributed by atoms with E-state index in [0.29, 0.717) is 0 Å². The number of hydrogen-bond acceptors (Lipinski definition) is 4. The highest BCUT2D eigenvalue weighted by Gasteiger charge is 1.97. The fourth-order valence-corrected chi connectivity index (χ4v) is 2.15. The highest BCUT2D eigenvalue weighted by Crippen LogP contribution is 2.10. The second kappa shape index (κ2) is 9.58. The molecule has 0 aromatic heterocycles. The molecular weight excluding hydrogens is 328 g/mol. The quantitative estimate of drug-likeness (QED) is 0.329. The van der Waals surface area contributed by atoms with Gasteiger partial charge in [-0.3, -0.25) is 0 Å². The molecule has 2 rings (SSSR count). The minimum absolute atomic E-state index is 0.0635. The summed E-state index contributed by atoms with van der Waals surface area (Å²) in [5, 5.41) is 14.7. The molecule has 0 radical (unpaired) electrons. The summed E-state index contributed by atoms with van der Waals surface area (Å²) in [5.41, 5.74) is 25.2. The van der Waals surface area contributed by atoms with Crippen LogP contribution in [0.1, 0.15) is 22.3 Å². The van der Waals surface area contributed by atoms with Gasteiger partial charge in [0.2, 0.25) is 11.9 Å². The summed E-state index contributed by atoms with van der Waals surface area (Å²) in [6.45, 7) is 0. The molecule has 0 atom stereocenters. The molecule has 8 N–H and O–H groups in total. The van der Waals surface area contributed by atoms with Crippen LogP contribution in [0, 0.1) is 0 Å². The van der Waals surface area contributed by atoms with Gasteiger partial charge in [0.25, 0.3) is 0 Å². The Bertz CT molecular complexity index is 738. The van der Waals surface area contributed by atoms with Crippen molar-refractivity contribution < 1.29 is 0 Å². The SMILES string of the molecule is NC(N)=N/N=C\c1ccc(CCc2ccc(/C=N\N=C(N)N)cc2)cc1. The van der Waals surface area contributed by atoms with Crippen molar-refractivity contribution >= 4 is 24.3 Å². The Morgan fingerprint density at radius 2 is 0.962 bits per heavy atom. The maximum Gasteiger partial charge on any atom is 0.211 e. The van der Waals surface area contributed by atoms with E-state index in [0.717, 1.165) is 24.0 Å². The van der Waals surface area contributed by atoms with Crippen LogP contribution in [0.25, 0.3) is 0 Å². The largest absolute Gasteiger partial charge is 0.369 e. The van der Waals surface area contributed by atoms with Gasteiger partial charge in [0, 0.05) is 0 Å². The first-order valence-electron chi connectivity index (χ1n) is 7.95. The van der Waals surface area contributed by atoms with E-state index in [1.807, 2.05) is 24.3 Å². The van der Waals surface area contributed by atoms with E-state index in [9.17, 15) is 0 Å². The van der Waals surface area contributed by atoms with Gasteiger partial charge in [-0.15, -0.1) is 10.2 Å². The number of nitrogens with two attached hydrogens (primary N) is 4. The maximum atomic E-state index is 5.21.